The predicted octanol–water partition coefficient (Wildman–Crippen LogP) is 2.60. The maximum absolute atomic E-state index is 12.1. The Labute approximate surface area is 102 Å². The zero-order valence-electron chi connectivity index (χ0n) is 8.53. The first kappa shape index (κ1) is 11.6. The monoisotopic (exact) mass is 309 g/mol. The molecule has 0 saturated heterocycles. The van der Waals surface area contributed by atoms with E-state index in [0.717, 1.165) is 22.2 Å². The molecule has 0 atom stereocenters. The van der Waals surface area contributed by atoms with Crippen molar-refractivity contribution in [3.63, 3.8) is 0 Å². The molecule has 2 rings (SSSR count). The van der Waals surface area contributed by atoms with E-state index in [1.54, 1.807) is 13.1 Å². The first-order valence-electron chi connectivity index (χ1n) is 4.67. The molecule has 1 fully saturated rings. The zero-order valence-corrected chi connectivity index (χ0v) is 11.7. The van der Waals surface area contributed by atoms with Crippen LogP contribution in [0, 0.1) is 6.92 Å². The highest BCUT2D eigenvalue weighted by Gasteiger charge is 2.35. The van der Waals surface area contributed by atoms with Crippen molar-refractivity contribution in [1.29, 1.82) is 0 Å². The second-order valence-electron chi connectivity index (χ2n) is 3.77. The number of sulfonamides is 1. The standard InChI is InChI=1S/C9H12BrNO2S2/c1-6-5-8(14-9(6)10)15(12,13)11(2)7-3-4-7/h5,7H,3-4H2,1-2H3. The van der Waals surface area contributed by atoms with E-state index in [0.29, 0.717) is 4.21 Å². The molecule has 1 heterocycles. The molecule has 0 N–H and O–H groups in total. The quantitative estimate of drug-likeness (QED) is 0.860. The summed E-state index contributed by atoms with van der Waals surface area (Å²) in [6.45, 7) is 1.90. The molecular weight excluding hydrogens is 298 g/mol. The smallest absolute Gasteiger partial charge is 0.206 e. The maximum Gasteiger partial charge on any atom is 0.252 e. The molecule has 1 aliphatic carbocycles. The number of hydrogen-bond acceptors (Lipinski definition) is 3. The summed E-state index contributed by atoms with van der Waals surface area (Å²) < 4.78 is 27.0. The van der Waals surface area contributed by atoms with E-state index in [1.807, 2.05) is 6.92 Å². The molecule has 1 aromatic heterocycles. The van der Waals surface area contributed by atoms with Crippen LogP contribution in [0.25, 0.3) is 0 Å². The Morgan fingerprint density at radius 1 is 1.53 bits per heavy atom. The van der Waals surface area contributed by atoms with Crippen LogP contribution in [-0.4, -0.2) is 25.8 Å². The summed E-state index contributed by atoms with van der Waals surface area (Å²) in [4.78, 5) is 0. The van der Waals surface area contributed by atoms with Gasteiger partial charge in [0.25, 0.3) is 10.0 Å². The van der Waals surface area contributed by atoms with Crippen molar-refractivity contribution in [2.75, 3.05) is 7.05 Å². The van der Waals surface area contributed by atoms with Crippen LogP contribution in [-0.2, 0) is 10.0 Å². The molecule has 0 unspecified atom stereocenters. The van der Waals surface area contributed by atoms with Gasteiger partial charge in [-0.15, -0.1) is 11.3 Å². The van der Waals surface area contributed by atoms with Crippen LogP contribution < -0.4 is 0 Å². The van der Waals surface area contributed by atoms with Crippen LogP contribution in [0.3, 0.4) is 0 Å². The highest BCUT2D eigenvalue weighted by Crippen LogP contribution is 2.35. The molecule has 1 aromatic rings. The van der Waals surface area contributed by atoms with E-state index in [-0.39, 0.29) is 6.04 Å². The van der Waals surface area contributed by atoms with E-state index >= 15 is 0 Å². The number of hydrogen-bond donors (Lipinski definition) is 0. The van der Waals surface area contributed by atoms with Gasteiger partial charge in [-0.3, -0.25) is 0 Å². The van der Waals surface area contributed by atoms with E-state index < -0.39 is 10.0 Å². The summed E-state index contributed by atoms with van der Waals surface area (Å²) in [6, 6.07) is 1.94. The van der Waals surface area contributed by atoms with Crippen LogP contribution in [0.15, 0.2) is 14.1 Å². The van der Waals surface area contributed by atoms with E-state index in [2.05, 4.69) is 15.9 Å². The van der Waals surface area contributed by atoms with Crippen molar-refractivity contribution < 1.29 is 8.42 Å². The van der Waals surface area contributed by atoms with Gasteiger partial charge >= 0.3 is 0 Å². The van der Waals surface area contributed by atoms with Crippen molar-refractivity contribution in [3.05, 3.63) is 15.4 Å². The second-order valence-corrected chi connectivity index (χ2v) is 8.37. The average molecular weight is 310 g/mol. The molecule has 0 aliphatic heterocycles. The highest BCUT2D eigenvalue weighted by molar-refractivity contribution is 9.11. The minimum absolute atomic E-state index is 0.219. The van der Waals surface area contributed by atoms with Gasteiger partial charge in [0.1, 0.15) is 4.21 Å². The molecule has 0 amide bonds. The van der Waals surface area contributed by atoms with Crippen molar-refractivity contribution in [1.82, 2.24) is 4.31 Å². The fraction of sp³-hybridized carbons (Fsp3) is 0.556. The van der Waals surface area contributed by atoms with Gasteiger partial charge in [-0.1, -0.05) is 0 Å². The lowest BCUT2D eigenvalue weighted by Gasteiger charge is -2.14. The first-order valence-corrected chi connectivity index (χ1v) is 7.72. The van der Waals surface area contributed by atoms with Crippen molar-refractivity contribution in [3.8, 4) is 0 Å². The number of nitrogens with zero attached hydrogens (tertiary/aromatic N) is 1. The molecule has 1 saturated carbocycles. The van der Waals surface area contributed by atoms with Crippen LogP contribution in [0.1, 0.15) is 18.4 Å². The summed E-state index contributed by atoms with van der Waals surface area (Å²) in [5.41, 5.74) is 0.975. The summed E-state index contributed by atoms with van der Waals surface area (Å²) in [7, 11) is -1.59. The number of thiophene rings is 1. The topological polar surface area (TPSA) is 37.4 Å². The van der Waals surface area contributed by atoms with E-state index in [4.69, 9.17) is 0 Å². The fourth-order valence-corrected chi connectivity index (χ4v) is 5.16. The van der Waals surface area contributed by atoms with Gasteiger partial charge in [-0.2, -0.15) is 4.31 Å². The lowest BCUT2D eigenvalue weighted by molar-refractivity contribution is 0.466. The molecule has 6 heteroatoms. The summed E-state index contributed by atoms with van der Waals surface area (Å²) in [5.74, 6) is 0. The van der Waals surface area contributed by atoms with Gasteiger partial charge < -0.3 is 0 Å². The van der Waals surface area contributed by atoms with Crippen LogP contribution in [0.4, 0.5) is 0 Å². The summed E-state index contributed by atoms with van der Waals surface area (Å²) in [6.07, 6.45) is 1.97. The highest BCUT2D eigenvalue weighted by atomic mass is 79.9. The predicted molar refractivity (Wildman–Crippen MR) is 64.7 cm³/mol. The Morgan fingerprint density at radius 3 is 2.53 bits per heavy atom. The second kappa shape index (κ2) is 3.84. The van der Waals surface area contributed by atoms with Crippen molar-refractivity contribution in [2.24, 2.45) is 0 Å². The van der Waals surface area contributed by atoms with Crippen molar-refractivity contribution in [2.45, 2.75) is 30.0 Å². The van der Waals surface area contributed by atoms with Crippen LogP contribution in [0.2, 0.25) is 0 Å². The number of halogens is 1. The van der Waals surface area contributed by atoms with Crippen LogP contribution in [0.5, 0.6) is 0 Å². The molecule has 0 radical (unpaired) electrons. The van der Waals surface area contributed by atoms with Gasteiger partial charge in [-0.25, -0.2) is 8.42 Å². The molecule has 15 heavy (non-hydrogen) atoms. The first-order chi connectivity index (χ1) is 6.93. The lowest BCUT2D eigenvalue weighted by atomic mass is 10.4. The summed E-state index contributed by atoms with van der Waals surface area (Å²) >= 11 is 4.63. The van der Waals surface area contributed by atoms with Gasteiger partial charge in [0.2, 0.25) is 0 Å². The van der Waals surface area contributed by atoms with E-state index in [9.17, 15) is 8.42 Å². The Kier molecular flexibility index (Phi) is 2.96. The number of rotatable bonds is 3. The van der Waals surface area contributed by atoms with Gasteiger partial charge in [0.05, 0.1) is 3.79 Å². The molecule has 0 aromatic carbocycles. The van der Waals surface area contributed by atoms with E-state index in [1.165, 1.54) is 15.6 Å². The Hall–Kier alpha value is 0.0900. The number of aryl methyl sites for hydroxylation is 1. The molecule has 84 valence electrons. The van der Waals surface area contributed by atoms with Crippen molar-refractivity contribution >= 4 is 37.3 Å². The Morgan fingerprint density at radius 2 is 2.13 bits per heavy atom. The maximum atomic E-state index is 12.1. The third kappa shape index (κ3) is 2.13. The van der Waals surface area contributed by atoms with Gasteiger partial charge in [0, 0.05) is 13.1 Å². The van der Waals surface area contributed by atoms with Crippen LogP contribution >= 0.6 is 27.3 Å². The lowest BCUT2D eigenvalue weighted by Crippen LogP contribution is -2.28. The molecule has 1 aliphatic rings. The molecule has 0 spiro atoms. The Bertz CT molecular complexity index is 457. The average Bonchev–Trinajstić information content (AvgIpc) is 2.93. The molecule has 3 nitrogen and oxygen atoms in total. The Balaban J connectivity index is 2.36. The SMILES string of the molecule is Cc1cc(S(=O)(=O)N(C)C2CC2)sc1Br. The molecule has 0 bridgehead atoms. The van der Waals surface area contributed by atoms with Gasteiger partial charge in [0.15, 0.2) is 0 Å². The minimum Gasteiger partial charge on any atom is -0.206 e. The summed E-state index contributed by atoms with van der Waals surface area (Å²) in [5, 5.41) is 0. The van der Waals surface area contributed by atoms with Gasteiger partial charge in [-0.05, 0) is 47.3 Å². The fourth-order valence-electron chi connectivity index (χ4n) is 1.34. The zero-order chi connectivity index (χ0) is 11.2. The molecular formula is C9H12BrNO2S2. The normalized spacial score (nSPS) is 17.3. The minimum atomic E-state index is -3.26. The largest absolute Gasteiger partial charge is 0.252 e. The third-order valence-electron chi connectivity index (χ3n) is 2.53. The third-order valence-corrected chi connectivity index (χ3v) is 7.02.